The van der Waals surface area contributed by atoms with Gasteiger partial charge in [0, 0.05) is 5.56 Å². The highest BCUT2D eigenvalue weighted by Crippen LogP contribution is 2.36. The summed E-state index contributed by atoms with van der Waals surface area (Å²) in [5.74, 6) is -0.312. The maximum absolute atomic E-state index is 13.3. The standard InChI is InChI=1S/C21H19F4NOS/c1-3-18(27-12-14-5-4-6-17(22)11-14)19-13(2)26-20(28-19)15-7-9-16(10-8-15)21(23,24)25/h4-11,18H,3,12H2,1-2H3. The van der Waals surface area contributed by atoms with E-state index in [4.69, 9.17) is 4.74 Å². The van der Waals surface area contributed by atoms with Gasteiger partial charge in [0.05, 0.1) is 28.8 Å². The molecule has 28 heavy (non-hydrogen) atoms. The van der Waals surface area contributed by atoms with E-state index < -0.39 is 11.7 Å². The minimum Gasteiger partial charge on any atom is -0.368 e. The molecule has 2 nitrogen and oxygen atoms in total. The average Bonchev–Trinajstić information content (AvgIpc) is 3.03. The van der Waals surface area contributed by atoms with Gasteiger partial charge in [0.1, 0.15) is 10.8 Å². The largest absolute Gasteiger partial charge is 0.416 e. The Balaban J connectivity index is 1.78. The van der Waals surface area contributed by atoms with Crippen LogP contribution in [0.15, 0.2) is 48.5 Å². The smallest absolute Gasteiger partial charge is 0.368 e. The molecule has 0 radical (unpaired) electrons. The van der Waals surface area contributed by atoms with E-state index in [0.29, 0.717) is 17.0 Å². The summed E-state index contributed by atoms with van der Waals surface area (Å²) in [5.41, 5.74) is 1.47. The zero-order chi connectivity index (χ0) is 20.3. The number of aromatic nitrogens is 1. The molecule has 0 spiro atoms. The van der Waals surface area contributed by atoms with Crippen molar-refractivity contribution >= 4 is 11.3 Å². The second-order valence-corrected chi connectivity index (χ2v) is 7.41. The van der Waals surface area contributed by atoms with E-state index in [1.807, 2.05) is 13.8 Å². The highest BCUT2D eigenvalue weighted by atomic mass is 32.1. The van der Waals surface area contributed by atoms with Gasteiger partial charge in [-0.25, -0.2) is 9.37 Å². The highest BCUT2D eigenvalue weighted by molar-refractivity contribution is 7.15. The summed E-state index contributed by atoms with van der Waals surface area (Å²) in [6.45, 7) is 4.10. The van der Waals surface area contributed by atoms with E-state index in [9.17, 15) is 17.6 Å². The van der Waals surface area contributed by atoms with Gasteiger partial charge in [-0.2, -0.15) is 13.2 Å². The third-order valence-corrected chi connectivity index (χ3v) is 5.59. The molecule has 3 aromatic rings. The molecular formula is C21H19F4NOS. The van der Waals surface area contributed by atoms with Crippen LogP contribution in [0.2, 0.25) is 0 Å². The Kier molecular flexibility index (Phi) is 6.15. The predicted molar refractivity (Wildman–Crippen MR) is 102 cm³/mol. The molecular weight excluding hydrogens is 390 g/mol. The van der Waals surface area contributed by atoms with Gasteiger partial charge in [0.2, 0.25) is 0 Å². The van der Waals surface area contributed by atoms with Gasteiger partial charge in [-0.15, -0.1) is 11.3 Å². The lowest BCUT2D eigenvalue weighted by Crippen LogP contribution is -2.03. The topological polar surface area (TPSA) is 22.1 Å². The molecule has 0 amide bonds. The van der Waals surface area contributed by atoms with Crippen molar-refractivity contribution in [2.24, 2.45) is 0 Å². The number of aryl methyl sites for hydroxylation is 1. The van der Waals surface area contributed by atoms with Gasteiger partial charge in [0.25, 0.3) is 0 Å². The van der Waals surface area contributed by atoms with Crippen molar-refractivity contribution in [2.75, 3.05) is 0 Å². The first-order valence-corrected chi connectivity index (χ1v) is 9.60. The molecule has 3 rings (SSSR count). The fourth-order valence-electron chi connectivity index (χ4n) is 2.83. The van der Waals surface area contributed by atoms with Gasteiger partial charge >= 0.3 is 6.18 Å². The van der Waals surface area contributed by atoms with Gasteiger partial charge in [-0.05, 0) is 43.2 Å². The maximum atomic E-state index is 13.3. The van der Waals surface area contributed by atoms with Crippen molar-refractivity contribution in [3.8, 4) is 10.6 Å². The van der Waals surface area contributed by atoms with Crippen LogP contribution in [0.25, 0.3) is 10.6 Å². The first-order valence-electron chi connectivity index (χ1n) is 8.79. The number of benzene rings is 2. The molecule has 148 valence electrons. The first kappa shape index (κ1) is 20.5. The minimum atomic E-state index is -4.36. The quantitative estimate of drug-likeness (QED) is 0.411. The normalized spacial score (nSPS) is 12.9. The van der Waals surface area contributed by atoms with E-state index in [-0.39, 0.29) is 18.5 Å². The number of alkyl halides is 3. The monoisotopic (exact) mass is 409 g/mol. The molecule has 1 unspecified atom stereocenters. The lowest BCUT2D eigenvalue weighted by Gasteiger charge is -2.15. The fourth-order valence-corrected chi connectivity index (χ4v) is 4.04. The van der Waals surface area contributed by atoms with Crippen LogP contribution in [0.1, 0.15) is 41.1 Å². The van der Waals surface area contributed by atoms with Crippen LogP contribution in [0.4, 0.5) is 17.6 Å². The second-order valence-electron chi connectivity index (χ2n) is 6.38. The summed E-state index contributed by atoms with van der Waals surface area (Å²) < 4.78 is 57.5. The summed E-state index contributed by atoms with van der Waals surface area (Å²) in [5, 5.41) is 0.647. The molecule has 7 heteroatoms. The van der Waals surface area contributed by atoms with E-state index in [0.717, 1.165) is 28.3 Å². The first-order chi connectivity index (χ1) is 13.3. The highest BCUT2D eigenvalue weighted by Gasteiger charge is 2.30. The van der Waals surface area contributed by atoms with Crippen molar-refractivity contribution in [3.05, 3.63) is 76.0 Å². The van der Waals surface area contributed by atoms with Crippen LogP contribution in [-0.2, 0) is 17.5 Å². The number of thiazole rings is 1. The lowest BCUT2D eigenvalue weighted by atomic mass is 10.1. The Morgan fingerprint density at radius 2 is 1.82 bits per heavy atom. The molecule has 0 saturated heterocycles. The zero-order valence-corrected chi connectivity index (χ0v) is 16.2. The summed E-state index contributed by atoms with van der Waals surface area (Å²) in [6.07, 6.45) is -3.88. The molecule has 0 bridgehead atoms. The van der Waals surface area contributed by atoms with E-state index >= 15 is 0 Å². The Morgan fingerprint density at radius 1 is 1.11 bits per heavy atom. The third-order valence-electron chi connectivity index (χ3n) is 4.30. The molecule has 0 aliphatic rings. The van der Waals surface area contributed by atoms with Crippen molar-refractivity contribution in [1.29, 1.82) is 0 Å². The average molecular weight is 409 g/mol. The van der Waals surface area contributed by atoms with E-state index in [1.54, 1.807) is 12.1 Å². The van der Waals surface area contributed by atoms with Gasteiger partial charge < -0.3 is 4.74 Å². The van der Waals surface area contributed by atoms with Crippen molar-refractivity contribution < 1.29 is 22.3 Å². The summed E-state index contributed by atoms with van der Waals surface area (Å²) in [7, 11) is 0. The van der Waals surface area contributed by atoms with Crippen molar-refractivity contribution in [2.45, 2.75) is 39.2 Å². The summed E-state index contributed by atoms with van der Waals surface area (Å²) in [4.78, 5) is 5.43. The third kappa shape index (κ3) is 4.77. The molecule has 0 aliphatic carbocycles. The molecule has 1 atom stereocenters. The van der Waals surface area contributed by atoms with Gasteiger partial charge in [-0.1, -0.05) is 31.2 Å². The second kappa shape index (κ2) is 8.41. The van der Waals surface area contributed by atoms with E-state index in [2.05, 4.69) is 4.98 Å². The predicted octanol–water partition coefficient (Wildman–Crippen LogP) is 6.94. The number of rotatable bonds is 6. The molecule has 0 fully saturated rings. The molecule has 0 N–H and O–H groups in total. The van der Waals surface area contributed by atoms with Crippen LogP contribution in [0.5, 0.6) is 0 Å². The van der Waals surface area contributed by atoms with Crippen LogP contribution >= 0.6 is 11.3 Å². The van der Waals surface area contributed by atoms with Crippen LogP contribution in [0.3, 0.4) is 0 Å². The van der Waals surface area contributed by atoms with Gasteiger partial charge in [0.15, 0.2) is 0 Å². The van der Waals surface area contributed by atoms with Crippen molar-refractivity contribution in [3.63, 3.8) is 0 Å². The van der Waals surface area contributed by atoms with Gasteiger partial charge in [-0.3, -0.25) is 0 Å². The summed E-state index contributed by atoms with van der Waals surface area (Å²) in [6, 6.07) is 11.2. The molecule has 2 aromatic carbocycles. The fraction of sp³-hybridized carbons (Fsp3) is 0.286. The maximum Gasteiger partial charge on any atom is 0.416 e. The number of hydrogen-bond acceptors (Lipinski definition) is 3. The SMILES string of the molecule is CCC(OCc1cccc(F)c1)c1sc(-c2ccc(C(F)(F)F)cc2)nc1C. The number of ether oxygens (including phenoxy) is 1. The van der Waals surface area contributed by atoms with E-state index in [1.165, 1.54) is 35.6 Å². The molecule has 0 aliphatic heterocycles. The van der Waals surface area contributed by atoms with Crippen LogP contribution in [0, 0.1) is 12.7 Å². The Labute approximate surface area is 164 Å². The number of nitrogens with zero attached hydrogens (tertiary/aromatic N) is 1. The number of hydrogen-bond donors (Lipinski definition) is 0. The number of halogens is 4. The van der Waals surface area contributed by atoms with Crippen LogP contribution in [-0.4, -0.2) is 4.98 Å². The summed E-state index contributed by atoms with van der Waals surface area (Å²) >= 11 is 1.41. The Bertz CT molecular complexity index is 934. The molecule has 0 saturated carbocycles. The van der Waals surface area contributed by atoms with Crippen molar-refractivity contribution in [1.82, 2.24) is 4.98 Å². The lowest BCUT2D eigenvalue weighted by molar-refractivity contribution is -0.137. The molecule has 1 aromatic heterocycles. The molecule has 1 heterocycles. The van der Waals surface area contributed by atoms with Crippen LogP contribution < -0.4 is 0 Å². The minimum absolute atomic E-state index is 0.219. The zero-order valence-electron chi connectivity index (χ0n) is 15.4. The Morgan fingerprint density at radius 3 is 2.43 bits per heavy atom. The Hall–Kier alpha value is -2.25.